The minimum atomic E-state index is -1.55. The Balaban J connectivity index is 2.94. The van der Waals surface area contributed by atoms with E-state index in [0.717, 1.165) is 12.1 Å². The first-order valence-electron chi connectivity index (χ1n) is 4.36. The molecule has 1 atom stereocenters. The van der Waals surface area contributed by atoms with Gasteiger partial charge in [0.1, 0.15) is 5.82 Å². The summed E-state index contributed by atoms with van der Waals surface area (Å²) in [6.45, 7) is 1.75. The van der Waals surface area contributed by atoms with Crippen LogP contribution in [0.25, 0.3) is 0 Å². The first-order chi connectivity index (χ1) is 7.06. The highest BCUT2D eigenvalue weighted by atomic mass is 35.5. The molecule has 0 radical (unpaired) electrons. The standard InChI is InChI=1S/C10H10ClFO3/c1-2-15-10(14)9(13)7-5-6(12)3-4-8(7)11/h3-5,9,13H,2H2,1H3. The van der Waals surface area contributed by atoms with Gasteiger partial charge < -0.3 is 9.84 Å². The van der Waals surface area contributed by atoms with Crippen LogP contribution in [0.3, 0.4) is 0 Å². The Morgan fingerprint density at radius 1 is 1.67 bits per heavy atom. The van der Waals surface area contributed by atoms with Gasteiger partial charge in [0, 0.05) is 10.6 Å². The third kappa shape index (κ3) is 2.91. The number of esters is 1. The highest BCUT2D eigenvalue weighted by molar-refractivity contribution is 6.31. The lowest BCUT2D eigenvalue weighted by atomic mass is 10.1. The van der Waals surface area contributed by atoms with Gasteiger partial charge in [0.15, 0.2) is 6.10 Å². The predicted molar refractivity (Wildman–Crippen MR) is 53.0 cm³/mol. The van der Waals surface area contributed by atoms with Gasteiger partial charge in [-0.15, -0.1) is 0 Å². The lowest BCUT2D eigenvalue weighted by Gasteiger charge is -2.11. The molecule has 0 amide bonds. The van der Waals surface area contributed by atoms with Crippen LogP contribution in [-0.4, -0.2) is 17.7 Å². The second-order valence-electron chi connectivity index (χ2n) is 2.82. The first-order valence-corrected chi connectivity index (χ1v) is 4.73. The summed E-state index contributed by atoms with van der Waals surface area (Å²) in [4.78, 5) is 11.2. The molecule has 1 unspecified atom stereocenters. The molecule has 0 fully saturated rings. The van der Waals surface area contributed by atoms with Crippen LogP contribution in [0.5, 0.6) is 0 Å². The second-order valence-corrected chi connectivity index (χ2v) is 3.23. The zero-order valence-electron chi connectivity index (χ0n) is 8.04. The van der Waals surface area contributed by atoms with E-state index in [1.54, 1.807) is 6.92 Å². The minimum Gasteiger partial charge on any atom is -0.464 e. The van der Waals surface area contributed by atoms with Gasteiger partial charge in [-0.3, -0.25) is 0 Å². The Bertz CT molecular complexity index is 368. The van der Waals surface area contributed by atoms with Gasteiger partial charge in [0.2, 0.25) is 0 Å². The van der Waals surface area contributed by atoms with Crippen molar-refractivity contribution < 1.29 is 19.0 Å². The summed E-state index contributed by atoms with van der Waals surface area (Å²) in [5.41, 5.74) is 0.00937. The molecule has 1 N–H and O–H groups in total. The van der Waals surface area contributed by atoms with E-state index in [1.807, 2.05) is 0 Å². The molecule has 3 nitrogen and oxygen atoms in total. The topological polar surface area (TPSA) is 46.5 Å². The Kier molecular flexibility index (Phi) is 4.05. The molecule has 0 aliphatic rings. The number of aliphatic hydroxyl groups is 1. The van der Waals surface area contributed by atoms with Crippen LogP contribution in [0.2, 0.25) is 5.02 Å². The van der Waals surface area contributed by atoms with Crippen LogP contribution < -0.4 is 0 Å². The SMILES string of the molecule is CCOC(=O)C(O)c1cc(F)ccc1Cl. The molecule has 1 aromatic carbocycles. The Morgan fingerprint density at radius 3 is 2.93 bits per heavy atom. The smallest absolute Gasteiger partial charge is 0.339 e. The van der Waals surface area contributed by atoms with E-state index in [9.17, 15) is 14.3 Å². The number of hydrogen-bond acceptors (Lipinski definition) is 3. The third-order valence-corrected chi connectivity index (χ3v) is 2.11. The first kappa shape index (κ1) is 11.9. The molecular weight excluding hydrogens is 223 g/mol. The highest BCUT2D eigenvalue weighted by Crippen LogP contribution is 2.24. The van der Waals surface area contributed by atoms with E-state index in [0.29, 0.717) is 0 Å². The number of benzene rings is 1. The Hall–Kier alpha value is -1.13. The molecule has 0 aliphatic heterocycles. The van der Waals surface area contributed by atoms with Crippen molar-refractivity contribution in [1.29, 1.82) is 0 Å². The number of halogens is 2. The third-order valence-electron chi connectivity index (χ3n) is 1.76. The maximum Gasteiger partial charge on any atom is 0.339 e. The van der Waals surface area contributed by atoms with E-state index in [-0.39, 0.29) is 17.2 Å². The number of carbonyl (C=O) groups excluding carboxylic acids is 1. The maximum absolute atomic E-state index is 12.8. The quantitative estimate of drug-likeness (QED) is 0.812. The largest absolute Gasteiger partial charge is 0.464 e. The van der Waals surface area contributed by atoms with E-state index < -0.39 is 17.9 Å². The maximum atomic E-state index is 12.8. The second kappa shape index (κ2) is 5.09. The van der Waals surface area contributed by atoms with Crippen molar-refractivity contribution in [3.8, 4) is 0 Å². The summed E-state index contributed by atoms with van der Waals surface area (Å²) in [6, 6.07) is 3.42. The number of aliphatic hydroxyl groups excluding tert-OH is 1. The van der Waals surface area contributed by atoms with Crippen molar-refractivity contribution in [2.45, 2.75) is 13.0 Å². The van der Waals surface area contributed by atoms with Gasteiger partial charge in [0.05, 0.1) is 6.61 Å². The Morgan fingerprint density at radius 2 is 2.33 bits per heavy atom. The van der Waals surface area contributed by atoms with Crippen molar-refractivity contribution in [2.75, 3.05) is 6.61 Å². The number of rotatable bonds is 3. The fraction of sp³-hybridized carbons (Fsp3) is 0.300. The average molecular weight is 233 g/mol. The van der Waals surface area contributed by atoms with Crippen molar-refractivity contribution >= 4 is 17.6 Å². The molecule has 0 saturated carbocycles. The molecule has 0 spiro atoms. The summed E-state index contributed by atoms with van der Waals surface area (Å²) in [6.07, 6.45) is -1.55. The van der Waals surface area contributed by atoms with E-state index in [1.165, 1.54) is 6.07 Å². The number of carbonyl (C=O) groups is 1. The van der Waals surface area contributed by atoms with Crippen molar-refractivity contribution in [2.24, 2.45) is 0 Å². The summed E-state index contributed by atoms with van der Waals surface area (Å²) in [7, 11) is 0. The lowest BCUT2D eigenvalue weighted by Crippen LogP contribution is -2.15. The van der Waals surface area contributed by atoms with E-state index >= 15 is 0 Å². The van der Waals surface area contributed by atoms with Crippen molar-refractivity contribution in [3.63, 3.8) is 0 Å². The molecule has 5 heteroatoms. The fourth-order valence-electron chi connectivity index (χ4n) is 1.07. The average Bonchev–Trinajstić information content (AvgIpc) is 2.21. The summed E-state index contributed by atoms with van der Waals surface area (Å²) < 4.78 is 17.4. The lowest BCUT2D eigenvalue weighted by molar-refractivity contribution is -0.153. The molecule has 0 aliphatic carbocycles. The zero-order valence-corrected chi connectivity index (χ0v) is 8.79. The van der Waals surface area contributed by atoms with Crippen LogP contribution in [0.1, 0.15) is 18.6 Å². The van der Waals surface area contributed by atoms with Crippen LogP contribution >= 0.6 is 11.6 Å². The highest BCUT2D eigenvalue weighted by Gasteiger charge is 2.21. The van der Waals surface area contributed by atoms with Gasteiger partial charge in [-0.2, -0.15) is 0 Å². The van der Waals surface area contributed by atoms with Crippen LogP contribution in [0.4, 0.5) is 4.39 Å². The summed E-state index contributed by atoms with van der Waals surface area (Å²) >= 11 is 5.70. The van der Waals surface area contributed by atoms with Gasteiger partial charge in [0.25, 0.3) is 0 Å². The number of hydrogen-bond donors (Lipinski definition) is 1. The molecule has 82 valence electrons. The molecule has 1 rings (SSSR count). The molecular formula is C10H10ClFO3. The molecule has 0 saturated heterocycles. The van der Waals surface area contributed by atoms with E-state index in [4.69, 9.17) is 11.6 Å². The monoisotopic (exact) mass is 232 g/mol. The molecule has 0 aromatic heterocycles. The van der Waals surface area contributed by atoms with Crippen LogP contribution in [0, 0.1) is 5.82 Å². The molecule has 15 heavy (non-hydrogen) atoms. The van der Waals surface area contributed by atoms with Crippen molar-refractivity contribution in [3.05, 3.63) is 34.6 Å². The predicted octanol–water partition coefficient (Wildman–Crippen LogP) is 2.08. The minimum absolute atomic E-state index is 0.00937. The summed E-state index contributed by atoms with van der Waals surface area (Å²) in [5, 5.41) is 9.62. The van der Waals surface area contributed by atoms with Crippen molar-refractivity contribution in [1.82, 2.24) is 0 Å². The van der Waals surface area contributed by atoms with Crippen LogP contribution in [-0.2, 0) is 9.53 Å². The van der Waals surface area contributed by atoms with Gasteiger partial charge in [-0.1, -0.05) is 11.6 Å². The molecule has 0 bridgehead atoms. The number of ether oxygens (including phenoxy) is 1. The fourth-order valence-corrected chi connectivity index (χ4v) is 1.29. The summed E-state index contributed by atoms with van der Waals surface area (Å²) in [5.74, 6) is -1.41. The van der Waals surface area contributed by atoms with Crippen LogP contribution in [0.15, 0.2) is 18.2 Å². The zero-order chi connectivity index (χ0) is 11.4. The molecule has 0 heterocycles. The van der Waals surface area contributed by atoms with Gasteiger partial charge in [-0.05, 0) is 25.1 Å². The molecule has 1 aromatic rings. The Labute approximate surface area is 91.4 Å². The van der Waals surface area contributed by atoms with Gasteiger partial charge in [-0.25, -0.2) is 9.18 Å². The van der Waals surface area contributed by atoms with E-state index in [2.05, 4.69) is 4.74 Å². The normalized spacial score (nSPS) is 12.3. The van der Waals surface area contributed by atoms with Gasteiger partial charge >= 0.3 is 5.97 Å².